The number of benzene rings is 1. The molecule has 0 bridgehead atoms. The third-order valence-corrected chi connectivity index (χ3v) is 3.95. The van der Waals surface area contributed by atoms with Gasteiger partial charge in [0.1, 0.15) is 5.75 Å². The number of H-pyrrole nitrogens is 1. The van der Waals surface area contributed by atoms with E-state index in [1.54, 1.807) is 7.11 Å². The summed E-state index contributed by atoms with van der Waals surface area (Å²) < 4.78 is 5.40. The summed E-state index contributed by atoms with van der Waals surface area (Å²) in [6.45, 7) is 10.1. The fraction of sp³-hybridized carbons (Fsp3) is 0.529. The zero-order chi connectivity index (χ0) is 14.7. The molecule has 1 N–H and O–H groups in total. The molecule has 0 unspecified atom stereocenters. The Labute approximate surface area is 121 Å². The van der Waals surface area contributed by atoms with Gasteiger partial charge < -0.3 is 9.72 Å². The Balaban J connectivity index is 2.18. The normalized spacial score (nSPS) is 12.0. The Morgan fingerprint density at radius 1 is 1.15 bits per heavy atom. The molecule has 1 aromatic carbocycles. The van der Waals surface area contributed by atoms with E-state index in [0.29, 0.717) is 12.1 Å². The van der Waals surface area contributed by atoms with Crippen molar-refractivity contribution >= 4 is 10.9 Å². The van der Waals surface area contributed by atoms with Crippen molar-refractivity contribution < 1.29 is 4.74 Å². The van der Waals surface area contributed by atoms with Crippen LogP contribution in [0.5, 0.6) is 5.75 Å². The maximum Gasteiger partial charge on any atom is 0.142 e. The smallest absolute Gasteiger partial charge is 0.142 e. The lowest BCUT2D eigenvalue weighted by Gasteiger charge is -2.30. The Morgan fingerprint density at radius 2 is 1.85 bits per heavy atom. The van der Waals surface area contributed by atoms with Gasteiger partial charge in [-0.3, -0.25) is 4.90 Å². The van der Waals surface area contributed by atoms with Crippen molar-refractivity contribution in [2.45, 2.75) is 46.2 Å². The van der Waals surface area contributed by atoms with E-state index in [0.717, 1.165) is 24.2 Å². The van der Waals surface area contributed by atoms with Gasteiger partial charge in [0.2, 0.25) is 0 Å². The van der Waals surface area contributed by atoms with Crippen molar-refractivity contribution in [1.29, 1.82) is 0 Å². The number of methoxy groups -OCH3 is 1. The molecule has 110 valence electrons. The Kier molecular flexibility index (Phi) is 4.71. The molecule has 1 heterocycles. The molecule has 3 nitrogen and oxygen atoms in total. The van der Waals surface area contributed by atoms with Crippen LogP contribution in [0.4, 0.5) is 0 Å². The van der Waals surface area contributed by atoms with Crippen LogP contribution >= 0.6 is 0 Å². The first-order chi connectivity index (χ1) is 9.54. The molecule has 0 atom stereocenters. The van der Waals surface area contributed by atoms with E-state index in [1.165, 1.54) is 10.9 Å². The summed E-state index contributed by atoms with van der Waals surface area (Å²) in [5, 5.41) is 1.27. The summed E-state index contributed by atoms with van der Waals surface area (Å²) in [5.74, 6) is 0.915. The van der Waals surface area contributed by atoms with Crippen molar-refractivity contribution in [3.05, 3.63) is 30.0 Å². The van der Waals surface area contributed by atoms with E-state index in [1.807, 2.05) is 6.07 Å². The van der Waals surface area contributed by atoms with E-state index in [-0.39, 0.29) is 0 Å². The first-order valence-corrected chi connectivity index (χ1v) is 7.43. The number of hydrogen-bond acceptors (Lipinski definition) is 2. The van der Waals surface area contributed by atoms with Gasteiger partial charge in [0.15, 0.2) is 0 Å². The van der Waals surface area contributed by atoms with E-state index in [2.05, 4.69) is 55.9 Å². The monoisotopic (exact) mass is 274 g/mol. The minimum Gasteiger partial charge on any atom is -0.495 e. The molecule has 0 saturated heterocycles. The zero-order valence-corrected chi connectivity index (χ0v) is 13.2. The minimum atomic E-state index is 0.578. The van der Waals surface area contributed by atoms with Crippen molar-refractivity contribution in [3.63, 3.8) is 0 Å². The third kappa shape index (κ3) is 2.98. The van der Waals surface area contributed by atoms with Gasteiger partial charge in [-0.1, -0.05) is 12.1 Å². The molecular weight excluding hydrogens is 248 g/mol. The fourth-order valence-corrected chi connectivity index (χ4v) is 2.92. The summed E-state index contributed by atoms with van der Waals surface area (Å²) >= 11 is 0. The second kappa shape index (κ2) is 6.31. The first kappa shape index (κ1) is 14.9. The van der Waals surface area contributed by atoms with Crippen LogP contribution in [0.3, 0.4) is 0 Å². The van der Waals surface area contributed by atoms with Crippen LogP contribution in [0.15, 0.2) is 24.4 Å². The quantitative estimate of drug-likeness (QED) is 0.867. The number of para-hydroxylation sites is 1. The molecule has 0 aliphatic rings. The number of nitrogens with zero attached hydrogens (tertiary/aromatic N) is 1. The lowest BCUT2D eigenvalue weighted by atomic mass is 10.1. The molecule has 20 heavy (non-hydrogen) atoms. The van der Waals surface area contributed by atoms with Crippen LogP contribution in [-0.2, 0) is 6.42 Å². The van der Waals surface area contributed by atoms with E-state index in [9.17, 15) is 0 Å². The van der Waals surface area contributed by atoms with E-state index in [4.69, 9.17) is 4.74 Å². The second-order valence-corrected chi connectivity index (χ2v) is 5.87. The minimum absolute atomic E-state index is 0.578. The van der Waals surface area contributed by atoms with Crippen molar-refractivity contribution in [2.75, 3.05) is 13.7 Å². The largest absolute Gasteiger partial charge is 0.495 e. The zero-order valence-electron chi connectivity index (χ0n) is 13.2. The topological polar surface area (TPSA) is 28.3 Å². The van der Waals surface area contributed by atoms with Gasteiger partial charge in [0, 0.05) is 30.2 Å². The van der Waals surface area contributed by atoms with Crippen LogP contribution in [0, 0.1) is 0 Å². The van der Waals surface area contributed by atoms with Gasteiger partial charge >= 0.3 is 0 Å². The molecule has 0 fully saturated rings. The molecule has 0 aliphatic carbocycles. The summed E-state index contributed by atoms with van der Waals surface area (Å²) in [6, 6.07) is 7.38. The molecule has 0 saturated carbocycles. The van der Waals surface area contributed by atoms with Gasteiger partial charge in [0.05, 0.1) is 12.6 Å². The van der Waals surface area contributed by atoms with Crippen molar-refractivity contribution in [1.82, 2.24) is 9.88 Å². The average Bonchev–Trinajstić information content (AvgIpc) is 2.81. The van der Waals surface area contributed by atoms with Crippen LogP contribution in [0.2, 0.25) is 0 Å². The van der Waals surface area contributed by atoms with E-state index < -0.39 is 0 Å². The number of nitrogens with one attached hydrogen (secondary N) is 1. The van der Waals surface area contributed by atoms with Crippen molar-refractivity contribution in [2.24, 2.45) is 0 Å². The third-order valence-electron chi connectivity index (χ3n) is 3.95. The molecule has 0 radical (unpaired) electrons. The number of fused-ring (bicyclic) bond motifs is 1. The first-order valence-electron chi connectivity index (χ1n) is 7.43. The predicted molar refractivity (Wildman–Crippen MR) is 85.5 cm³/mol. The molecule has 3 heteroatoms. The Hall–Kier alpha value is -1.48. The molecule has 0 aliphatic heterocycles. The average molecular weight is 274 g/mol. The summed E-state index contributed by atoms with van der Waals surface area (Å²) in [7, 11) is 1.72. The van der Waals surface area contributed by atoms with E-state index >= 15 is 0 Å². The summed E-state index contributed by atoms with van der Waals surface area (Å²) in [6.07, 6.45) is 3.18. The summed E-state index contributed by atoms with van der Waals surface area (Å²) in [5.41, 5.74) is 2.47. The number of rotatable bonds is 6. The molecule has 1 aromatic heterocycles. The van der Waals surface area contributed by atoms with Gasteiger partial charge in [-0.25, -0.2) is 0 Å². The van der Waals surface area contributed by atoms with Crippen LogP contribution in [0.25, 0.3) is 10.9 Å². The Bertz CT molecular complexity index is 549. The molecule has 2 rings (SSSR count). The van der Waals surface area contributed by atoms with Gasteiger partial charge in [0.25, 0.3) is 0 Å². The standard InChI is InChI=1S/C17H26N2O/c1-12(2)19(13(3)4)10-9-14-11-18-17-15(14)7-6-8-16(17)20-5/h6-8,11-13,18H,9-10H2,1-5H3. The number of aromatic nitrogens is 1. The highest BCUT2D eigenvalue weighted by Crippen LogP contribution is 2.27. The van der Waals surface area contributed by atoms with Crippen LogP contribution < -0.4 is 4.74 Å². The fourth-order valence-electron chi connectivity index (χ4n) is 2.92. The number of ether oxygens (including phenoxy) is 1. The SMILES string of the molecule is COc1cccc2c(CCN(C(C)C)C(C)C)c[nH]c12. The number of hydrogen-bond donors (Lipinski definition) is 1. The summed E-state index contributed by atoms with van der Waals surface area (Å²) in [4.78, 5) is 5.87. The molecular formula is C17H26N2O. The highest BCUT2D eigenvalue weighted by Gasteiger charge is 2.14. The maximum atomic E-state index is 5.40. The van der Waals surface area contributed by atoms with Gasteiger partial charge in [-0.2, -0.15) is 0 Å². The molecule has 0 spiro atoms. The Morgan fingerprint density at radius 3 is 2.45 bits per heavy atom. The maximum absolute atomic E-state index is 5.40. The number of aromatic amines is 1. The second-order valence-electron chi connectivity index (χ2n) is 5.87. The van der Waals surface area contributed by atoms with Gasteiger partial charge in [-0.05, 0) is 45.7 Å². The lowest BCUT2D eigenvalue weighted by molar-refractivity contribution is 0.177. The van der Waals surface area contributed by atoms with Gasteiger partial charge in [-0.15, -0.1) is 0 Å². The highest BCUT2D eigenvalue weighted by atomic mass is 16.5. The van der Waals surface area contributed by atoms with Crippen LogP contribution in [-0.4, -0.2) is 35.6 Å². The van der Waals surface area contributed by atoms with Crippen molar-refractivity contribution in [3.8, 4) is 5.75 Å². The molecule has 2 aromatic rings. The predicted octanol–water partition coefficient (Wildman–Crippen LogP) is 3.84. The van der Waals surface area contributed by atoms with Crippen LogP contribution in [0.1, 0.15) is 33.3 Å². The lowest BCUT2D eigenvalue weighted by Crippen LogP contribution is -2.38. The highest BCUT2D eigenvalue weighted by molar-refractivity contribution is 5.88. The molecule has 0 amide bonds.